The highest BCUT2D eigenvalue weighted by molar-refractivity contribution is 6.00. The Morgan fingerprint density at radius 2 is 2.14 bits per heavy atom. The molecule has 2 heterocycles. The Kier molecular flexibility index (Phi) is 6.08. The lowest BCUT2D eigenvalue weighted by Gasteiger charge is -2.32. The number of piperidine rings is 1. The molecule has 1 N–H and O–H groups in total. The van der Waals surface area contributed by atoms with Gasteiger partial charge >= 0.3 is 5.69 Å². The lowest BCUT2D eigenvalue weighted by Crippen LogP contribution is -2.41. The average molecular weight is 389 g/mol. The summed E-state index contributed by atoms with van der Waals surface area (Å²) in [5.41, 5.74) is 0.0468. The van der Waals surface area contributed by atoms with Crippen LogP contribution in [-0.4, -0.2) is 47.0 Å². The number of nitrogens with zero attached hydrogens (tertiary/aromatic N) is 2. The maximum Gasteiger partial charge on any atom is 0.328 e. The summed E-state index contributed by atoms with van der Waals surface area (Å²) in [7, 11) is 2.90. The second kappa shape index (κ2) is 8.52. The molecule has 0 spiro atoms. The number of carbonyl (C=O) groups is 1. The van der Waals surface area contributed by atoms with Gasteiger partial charge in [-0.05, 0) is 44.0 Å². The summed E-state index contributed by atoms with van der Waals surface area (Å²) < 4.78 is 19.9. The van der Waals surface area contributed by atoms with Crippen LogP contribution in [0, 0.1) is 11.7 Å². The Bertz CT molecular complexity index is 982. The first-order chi connectivity index (χ1) is 13.4. The molecule has 0 amide bonds. The van der Waals surface area contributed by atoms with Crippen molar-refractivity contribution in [3.8, 4) is 5.75 Å². The molecule has 0 radical (unpaired) electrons. The molecule has 3 rings (SSSR count). The fraction of sp³-hybridized carbons (Fsp3) is 0.450. The number of aromatic amines is 1. The molecule has 1 aliphatic heterocycles. The van der Waals surface area contributed by atoms with Crippen molar-refractivity contribution < 1.29 is 13.9 Å². The van der Waals surface area contributed by atoms with E-state index < -0.39 is 11.5 Å². The number of halogens is 1. The predicted molar refractivity (Wildman–Crippen MR) is 102 cm³/mol. The van der Waals surface area contributed by atoms with E-state index >= 15 is 0 Å². The summed E-state index contributed by atoms with van der Waals surface area (Å²) in [6, 6.07) is 3.97. The number of hydrogen-bond donors (Lipinski definition) is 1. The van der Waals surface area contributed by atoms with E-state index in [2.05, 4.69) is 9.88 Å². The summed E-state index contributed by atoms with van der Waals surface area (Å²) in [6.45, 7) is 1.97. The highest BCUT2D eigenvalue weighted by Crippen LogP contribution is 2.27. The van der Waals surface area contributed by atoms with Gasteiger partial charge in [-0.15, -0.1) is 0 Å². The summed E-state index contributed by atoms with van der Waals surface area (Å²) in [6.07, 6.45) is 3.51. The number of nitrogens with one attached hydrogen (secondary N) is 1. The molecule has 1 saturated heterocycles. The van der Waals surface area contributed by atoms with Crippen LogP contribution in [0.4, 0.5) is 4.39 Å². The number of Topliss-reactive ketones (excluding diaryl/α,β-unsaturated/α-hetero) is 1. The summed E-state index contributed by atoms with van der Waals surface area (Å²) >= 11 is 0. The van der Waals surface area contributed by atoms with Gasteiger partial charge in [0.15, 0.2) is 5.78 Å². The molecule has 1 fully saturated rings. The van der Waals surface area contributed by atoms with Crippen LogP contribution >= 0.6 is 0 Å². The SMILES string of the molecule is COc1ccc(F)cc1C(=O)C1CCCN(CCc2c[nH]c(=O)n(C)c2=O)C1. The third-order valence-electron chi connectivity index (χ3n) is 5.25. The zero-order chi connectivity index (χ0) is 20.3. The van der Waals surface area contributed by atoms with Crippen LogP contribution in [-0.2, 0) is 13.5 Å². The molecule has 2 aromatic rings. The van der Waals surface area contributed by atoms with Crippen molar-refractivity contribution in [2.24, 2.45) is 13.0 Å². The third kappa shape index (κ3) is 4.22. The van der Waals surface area contributed by atoms with Crippen molar-refractivity contribution in [3.05, 3.63) is 62.2 Å². The first-order valence-electron chi connectivity index (χ1n) is 9.28. The van der Waals surface area contributed by atoms with Gasteiger partial charge in [0.25, 0.3) is 5.56 Å². The highest BCUT2D eigenvalue weighted by Gasteiger charge is 2.28. The monoisotopic (exact) mass is 389 g/mol. The molecule has 8 heteroatoms. The number of carbonyl (C=O) groups excluding carboxylic acids is 1. The topological polar surface area (TPSA) is 84.4 Å². The third-order valence-corrected chi connectivity index (χ3v) is 5.25. The first kappa shape index (κ1) is 20.0. The Labute approximate surface area is 161 Å². The number of H-pyrrole nitrogens is 1. The maximum atomic E-state index is 13.6. The molecule has 150 valence electrons. The summed E-state index contributed by atoms with van der Waals surface area (Å²) in [4.78, 5) is 41.2. The summed E-state index contributed by atoms with van der Waals surface area (Å²) in [5.74, 6) is -0.463. The van der Waals surface area contributed by atoms with E-state index in [-0.39, 0.29) is 22.8 Å². The Balaban J connectivity index is 1.68. The molecule has 1 aromatic carbocycles. The van der Waals surface area contributed by atoms with Crippen molar-refractivity contribution >= 4 is 5.78 Å². The van der Waals surface area contributed by atoms with E-state index in [1.165, 1.54) is 38.6 Å². The number of ether oxygens (including phenoxy) is 1. The van der Waals surface area contributed by atoms with Crippen molar-refractivity contribution in [3.63, 3.8) is 0 Å². The van der Waals surface area contributed by atoms with Gasteiger partial charge in [-0.25, -0.2) is 9.18 Å². The van der Waals surface area contributed by atoms with Gasteiger partial charge < -0.3 is 14.6 Å². The Hall–Kier alpha value is -2.74. The van der Waals surface area contributed by atoms with E-state index in [9.17, 15) is 18.8 Å². The van der Waals surface area contributed by atoms with Crippen LogP contribution in [0.2, 0.25) is 0 Å². The quantitative estimate of drug-likeness (QED) is 0.754. The molecule has 28 heavy (non-hydrogen) atoms. The van der Waals surface area contributed by atoms with Crippen molar-refractivity contribution in [1.82, 2.24) is 14.5 Å². The van der Waals surface area contributed by atoms with Crippen LogP contribution in [0.25, 0.3) is 0 Å². The average Bonchev–Trinajstić information content (AvgIpc) is 2.71. The standard InChI is InChI=1S/C20H24FN3O4/c1-23-19(26)13(11-22-20(23)27)7-9-24-8-3-4-14(12-24)18(25)16-10-15(21)5-6-17(16)28-2/h5-6,10-11,14H,3-4,7-9,12H2,1-2H3,(H,22,27). The second-order valence-electron chi connectivity index (χ2n) is 7.08. The van der Waals surface area contributed by atoms with Gasteiger partial charge in [0.2, 0.25) is 0 Å². The molecular formula is C20H24FN3O4. The van der Waals surface area contributed by atoms with E-state index in [0.29, 0.717) is 30.8 Å². The Morgan fingerprint density at radius 1 is 1.36 bits per heavy atom. The van der Waals surface area contributed by atoms with Crippen LogP contribution < -0.4 is 16.0 Å². The van der Waals surface area contributed by atoms with Crippen molar-refractivity contribution in [2.45, 2.75) is 19.3 Å². The predicted octanol–water partition coefficient (Wildman–Crippen LogP) is 1.36. The number of benzene rings is 1. The number of ketones is 1. The van der Waals surface area contributed by atoms with Gasteiger partial charge in [0.1, 0.15) is 11.6 Å². The molecule has 1 aromatic heterocycles. The second-order valence-corrected chi connectivity index (χ2v) is 7.08. The normalized spacial score (nSPS) is 17.5. The molecule has 1 atom stereocenters. The van der Waals surface area contributed by atoms with E-state index in [1.807, 2.05) is 0 Å². The maximum absolute atomic E-state index is 13.6. The zero-order valence-electron chi connectivity index (χ0n) is 16.0. The summed E-state index contributed by atoms with van der Waals surface area (Å²) in [5, 5.41) is 0. The molecule has 0 bridgehead atoms. The minimum Gasteiger partial charge on any atom is -0.496 e. The Morgan fingerprint density at radius 3 is 2.89 bits per heavy atom. The van der Waals surface area contributed by atoms with Crippen molar-refractivity contribution in [1.29, 1.82) is 0 Å². The van der Waals surface area contributed by atoms with Crippen molar-refractivity contribution in [2.75, 3.05) is 26.7 Å². The van der Waals surface area contributed by atoms with Crippen LogP contribution in [0.5, 0.6) is 5.75 Å². The van der Waals surface area contributed by atoms with Gasteiger partial charge in [-0.1, -0.05) is 0 Å². The smallest absolute Gasteiger partial charge is 0.328 e. The first-order valence-corrected chi connectivity index (χ1v) is 9.28. The lowest BCUT2D eigenvalue weighted by molar-refractivity contribution is 0.0817. The minimum atomic E-state index is -0.467. The minimum absolute atomic E-state index is 0.124. The van der Waals surface area contributed by atoms with Crippen LogP contribution in [0.15, 0.2) is 34.0 Å². The van der Waals surface area contributed by atoms with Crippen LogP contribution in [0.1, 0.15) is 28.8 Å². The van der Waals surface area contributed by atoms with Gasteiger partial charge in [0, 0.05) is 37.8 Å². The highest BCUT2D eigenvalue weighted by atomic mass is 19.1. The molecule has 1 unspecified atom stereocenters. The largest absolute Gasteiger partial charge is 0.496 e. The number of hydrogen-bond acceptors (Lipinski definition) is 5. The fourth-order valence-electron chi connectivity index (χ4n) is 3.64. The van der Waals surface area contributed by atoms with Gasteiger partial charge in [-0.3, -0.25) is 14.2 Å². The van der Waals surface area contributed by atoms with Gasteiger partial charge in [0.05, 0.1) is 12.7 Å². The van der Waals surface area contributed by atoms with E-state index in [4.69, 9.17) is 4.74 Å². The fourth-order valence-corrected chi connectivity index (χ4v) is 3.64. The van der Waals surface area contributed by atoms with Crippen LogP contribution in [0.3, 0.4) is 0 Å². The van der Waals surface area contributed by atoms with E-state index in [1.54, 1.807) is 0 Å². The number of rotatable bonds is 6. The zero-order valence-corrected chi connectivity index (χ0v) is 16.0. The van der Waals surface area contributed by atoms with E-state index in [0.717, 1.165) is 24.0 Å². The molecule has 0 aliphatic carbocycles. The molecule has 0 saturated carbocycles. The number of aromatic nitrogens is 2. The number of methoxy groups -OCH3 is 1. The molecule has 1 aliphatic rings. The lowest BCUT2D eigenvalue weighted by atomic mass is 9.89. The number of likely N-dealkylation sites (tertiary alicyclic amines) is 1. The van der Waals surface area contributed by atoms with Gasteiger partial charge in [-0.2, -0.15) is 0 Å². The molecular weight excluding hydrogens is 365 g/mol. The molecule has 7 nitrogen and oxygen atoms in total.